The second kappa shape index (κ2) is 4.71. The summed E-state index contributed by atoms with van der Waals surface area (Å²) in [7, 11) is 2.03. The molecule has 0 spiro atoms. The van der Waals surface area contributed by atoms with E-state index < -0.39 is 0 Å². The number of hydrogen-bond acceptors (Lipinski definition) is 3. The Hall–Kier alpha value is -0.670. The van der Waals surface area contributed by atoms with Gasteiger partial charge in [-0.3, -0.25) is 4.98 Å². The van der Waals surface area contributed by atoms with E-state index in [1.807, 2.05) is 18.8 Å². The van der Waals surface area contributed by atoms with Crippen molar-refractivity contribution < 1.29 is 0 Å². The average molecular weight is 208 g/mol. The summed E-state index contributed by atoms with van der Waals surface area (Å²) in [6.07, 6.45) is 9.53. The average Bonchev–Trinajstić information content (AvgIpc) is 2.74. The molecule has 0 fully saturated rings. The zero-order valence-corrected chi connectivity index (χ0v) is 9.31. The lowest BCUT2D eigenvalue weighted by Gasteiger charge is -2.21. The summed E-state index contributed by atoms with van der Waals surface area (Å²) in [5, 5.41) is 3.38. The molecule has 1 aliphatic rings. The highest BCUT2D eigenvalue weighted by atomic mass is 32.1. The Morgan fingerprint density at radius 3 is 3.00 bits per heavy atom. The van der Waals surface area contributed by atoms with E-state index in [4.69, 9.17) is 0 Å². The fourth-order valence-electron chi connectivity index (χ4n) is 2.00. The molecule has 0 amide bonds. The topological polar surface area (TPSA) is 24.9 Å². The lowest BCUT2D eigenvalue weighted by Crippen LogP contribution is -2.18. The van der Waals surface area contributed by atoms with Crippen LogP contribution >= 0.6 is 11.3 Å². The van der Waals surface area contributed by atoms with Crippen LogP contribution in [-0.2, 0) is 0 Å². The van der Waals surface area contributed by atoms with Gasteiger partial charge in [-0.2, -0.15) is 0 Å². The third-order valence-corrected chi connectivity index (χ3v) is 3.56. The molecule has 76 valence electrons. The van der Waals surface area contributed by atoms with Crippen molar-refractivity contribution >= 4 is 11.3 Å². The summed E-state index contributed by atoms with van der Waals surface area (Å²) in [4.78, 5) is 5.47. The molecule has 3 heteroatoms. The molecule has 1 aromatic rings. The minimum Gasteiger partial charge on any atom is -0.309 e. The smallest absolute Gasteiger partial charge is 0.0794 e. The zero-order valence-electron chi connectivity index (χ0n) is 8.49. The second-order valence-corrected chi connectivity index (χ2v) is 4.57. The fourth-order valence-corrected chi connectivity index (χ4v) is 2.77. The maximum atomic E-state index is 4.14. The molecular weight excluding hydrogens is 192 g/mol. The molecule has 0 aliphatic heterocycles. The van der Waals surface area contributed by atoms with Gasteiger partial charge in [-0.25, -0.2) is 0 Å². The van der Waals surface area contributed by atoms with Crippen molar-refractivity contribution in [3.05, 3.63) is 28.2 Å². The van der Waals surface area contributed by atoms with Crippen molar-refractivity contribution in [3.8, 4) is 0 Å². The molecule has 2 nitrogen and oxygen atoms in total. The highest BCUT2D eigenvalue weighted by Gasteiger charge is 2.17. The van der Waals surface area contributed by atoms with Crippen LogP contribution in [0.4, 0.5) is 0 Å². The zero-order chi connectivity index (χ0) is 9.80. The molecule has 1 aromatic heterocycles. The van der Waals surface area contributed by atoms with E-state index >= 15 is 0 Å². The van der Waals surface area contributed by atoms with E-state index in [1.54, 1.807) is 16.9 Å². The van der Waals surface area contributed by atoms with E-state index in [-0.39, 0.29) is 0 Å². The Bertz CT molecular complexity index is 303. The van der Waals surface area contributed by atoms with Crippen LogP contribution in [0.25, 0.3) is 0 Å². The molecule has 0 saturated heterocycles. The van der Waals surface area contributed by atoms with Gasteiger partial charge in [0.2, 0.25) is 0 Å². The quantitative estimate of drug-likeness (QED) is 0.773. The lowest BCUT2D eigenvalue weighted by atomic mass is 9.93. The standard InChI is InChI=1S/C11H16N2S/c1-12-11(10-7-13-8-14-10)9-5-3-2-4-6-9/h5,7-8,11-12H,2-4,6H2,1H3. The van der Waals surface area contributed by atoms with Gasteiger partial charge in [-0.05, 0) is 32.7 Å². The predicted octanol–water partition coefficient (Wildman–Crippen LogP) is 2.90. The highest BCUT2D eigenvalue weighted by molar-refractivity contribution is 7.09. The summed E-state index contributed by atoms with van der Waals surface area (Å²) >= 11 is 1.73. The van der Waals surface area contributed by atoms with Gasteiger partial charge in [-0.1, -0.05) is 11.6 Å². The molecule has 0 saturated carbocycles. The van der Waals surface area contributed by atoms with Crippen molar-refractivity contribution in [2.75, 3.05) is 7.05 Å². The van der Waals surface area contributed by atoms with Crippen LogP contribution in [0.5, 0.6) is 0 Å². The van der Waals surface area contributed by atoms with Crippen LogP contribution in [-0.4, -0.2) is 12.0 Å². The summed E-state index contributed by atoms with van der Waals surface area (Å²) in [5.74, 6) is 0. The number of nitrogens with one attached hydrogen (secondary N) is 1. The van der Waals surface area contributed by atoms with Crippen molar-refractivity contribution in [2.45, 2.75) is 31.7 Å². The molecule has 0 aromatic carbocycles. The van der Waals surface area contributed by atoms with Crippen LogP contribution in [0.1, 0.15) is 36.6 Å². The minimum absolute atomic E-state index is 0.405. The van der Waals surface area contributed by atoms with Gasteiger partial charge < -0.3 is 5.32 Å². The molecule has 1 unspecified atom stereocenters. The van der Waals surface area contributed by atoms with Crippen LogP contribution in [0.2, 0.25) is 0 Å². The number of nitrogens with zero attached hydrogens (tertiary/aromatic N) is 1. The molecule has 1 N–H and O–H groups in total. The molecule has 2 rings (SSSR count). The molecule has 1 aliphatic carbocycles. The van der Waals surface area contributed by atoms with Crippen molar-refractivity contribution in [2.24, 2.45) is 0 Å². The van der Waals surface area contributed by atoms with Gasteiger partial charge in [0.1, 0.15) is 0 Å². The van der Waals surface area contributed by atoms with E-state index in [2.05, 4.69) is 16.4 Å². The maximum Gasteiger partial charge on any atom is 0.0794 e. The van der Waals surface area contributed by atoms with E-state index in [0.29, 0.717) is 6.04 Å². The Balaban J connectivity index is 2.16. The van der Waals surface area contributed by atoms with Gasteiger partial charge in [0.25, 0.3) is 0 Å². The highest BCUT2D eigenvalue weighted by Crippen LogP contribution is 2.30. The maximum absolute atomic E-state index is 4.14. The predicted molar refractivity (Wildman–Crippen MR) is 60.5 cm³/mol. The Morgan fingerprint density at radius 1 is 1.50 bits per heavy atom. The van der Waals surface area contributed by atoms with E-state index in [0.717, 1.165) is 0 Å². The van der Waals surface area contributed by atoms with Crippen molar-refractivity contribution in [3.63, 3.8) is 0 Å². The van der Waals surface area contributed by atoms with E-state index in [1.165, 1.54) is 30.6 Å². The first-order valence-electron chi connectivity index (χ1n) is 5.16. The van der Waals surface area contributed by atoms with Gasteiger partial charge >= 0.3 is 0 Å². The van der Waals surface area contributed by atoms with Crippen molar-refractivity contribution in [1.29, 1.82) is 0 Å². The Labute approximate surface area is 89.1 Å². The third-order valence-electron chi connectivity index (χ3n) is 2.72. The molecule has 0 radical (unpaired) electrons. The monoisotopic (exact) mass is 208 g/mol. The first kappa shape index (κ1) is 9.87. The number of hydrogen-bond donors (Lipinski definition) is 1. The summed E-state index contributed by atoms with van der Waals surface area (Å²) in [6.45, 7) is 0. The second-order valence-electron chi connectivity index (χ2n) is 3.65. The molecule has 1 atom stereocenters. The Kier molecular flexibility index (Phi) is 3.32. The molecule has 14 heavy (non-hydrogen) atoms. The molecular formula is C11H16N2S. The first-order chi connectivity index (χ1) is 6.92. The van der Waals surface area contributed by atoms with E-state index in [9.17, 15) is 0 Å². The first-order valence-corrected chi connectivity index (χ1v) is 6.04. The lowest BCUT2D eigenvalue weighted by molar-refractivity contribution is 0.598. The van der Waals surface area contributed by atoms with Gasteiger partial charge in [-0.15, -0.1) is 11.3 Å². The van der Waals surface area contributed by atoms with Crippen LogP contribution in [0.3, 0.4) is 0 Å². The minimum atomic E-state index is 0.405. The molecule has 1 heterocycles. The van der Waals surface area contributed by atoms with Crippen LogP contribution < -0.4 is 5.32 Å². The van der Waals surface area contributed by atoms with Gasteiger partial charge in [0.15, 0.2) is 0 Å². The Morgan fingerprint density at radius 2 is 2.43 bits per heavy atom. The fraction of sp³-hybridized carbons (Fsp3) is 0.545. The van der Waals surface area contributed by atoms with Gasteiger partial charge in [0, 0.05) is 11.1 Å². The number of likely N-dealkylation sites (N-methyl/N-ethyl adjacent to an activating group) is 1. The summed E-state index contributed by atoms with van der Waals surface area (Å²) in [5.41, 5.74) is 3.45. The van der Waals surface area contributed by atoms with Crippen LogP contribution in [0, 0.1) is 0 Å². The summed E-state index contributed by atoms with van der Waals surface area (Å²) < 4.78 is 0. The van der Waals surface area contributed by atoms with Crippen LogP contribution in [0.15, 0.2) is 23.4 Å². The largest absolute Gasteiger partial charge is 0.309 e. The third kappa shape index (κ3) is 2.04. The number of rotatable bonds is 3. The van der Waals surface area contributed by atoms with Gasteiger partial charge in [0.05, 0.1) is 11.6 Å². The molecule has 0 bridgehead atoms. The summed E-state index contributed by atoms with van der Waals surface area (Å²) in [6, 6.07) is 0.405. The number of thiazole rings is 1. The number of aromatic nitrogens is 1. The van der Waals surface area contributed by atoms with Crippen molar-refractivity contribution in [1.82, 2.24) is 10.3 Å². The SMILES string of the molecule is CNC(C1=CCCCC1)c1cncs1. The number of allylic oxidation sites excluding steroid dienone is 1. The normalized spacial score (nSPS) is 19.1.